The molecular weight excluding hydrogens is 492 g/mol. The highest BCUT2D eigenvalue weighted by Gasteiger charge is 2.47. The summed E-state index contributed by atoms with van der Waals surface area (Å²) in [5.41, 5.74) is 2.56. The van der Waals surface area contributed by atoms with E-state index in [1.165, 1.54) is 17.0 Å². The fourth-order valence-electron chi connectivity index (χ4n) is 4.89. The lowest BCUT2D eigenvalue weighted by Crippen LogP contribution is -2.29. The lowest BCUT2D eigenvalue weighted by Gasteiger charge is -2.27. The molecule has 1 aliphatic heterocycles. The van der Waals surface area contributed by atoms with Gasteiger partial charge in [-0.1, -0.05) is 31.9 Å². The molecule has 1 heterocycles. The molecule has 3 aromatic carbocycles. The van der Waals surface area contributed by atoms with Crippen LogP contribution in [0.1, 0.15) is 57.2 Å². The van der Waals surface area contributed by atoms with Gasteiger partial charge in [0.15, 0.2) is 0 Å². The Morgan fingerprint density at radius 1 is 0.872 bits per heavy atom. The van der Waals surface area contributed by atoms with E-state index < -0.39 is 17.7 Å². The Bertz CT molecular complexity index is 1310. The molecule has 0 bridgehead atoms. The first-order chi connectivity index (χ1) is 18.9. The summed E-state index contributed by atoms with van der Waals surface area (Å²) < 4.78 is 5.77. The van der Waals surface area contributed by atoms with Gasteiger partial charge < -0.3 is 19.8 Å². The molecule has 7 nitrogen and oxygen atoms in total. The summed E-state index contributed by atoms with van der Waals surface area (Å²) >= 11 is 0. The van der Waals surface area contributed by atoms with Crippen molar-refractivity contribution in [3.8, 4) is 11.5 Å². The summed E-state index contributed by atoms with van der Waals surface area (Å²) in [4.78, 5) is 30.4. The van der Waals surface area contributed by atoms with E-state index in [1.807, 2.05) is 24.3 Å². The second kappa shape index (κ2) is 12.5. The highest BCUT2D eigenvalue weighted by molar-refractivity contribution is 6.51. The van der Waals surface area contributed by atoms with Crippen LogP contribution in [0, 0.1) is 0 Å². The van der Waals surface area contributed by atoms with Crippen LogP contribution in [0.3, 0.4) is 0 Å². The van der Waals surface area contributed by atoms with E-state index in [2.05, 4.69) is 25.7 Å². The van der Waals surface area contributed by atoms with Crippen LogP contribution in [0.25, 0.3) is 5.76 Å². The summed E-state index contributed by atoms with van der Waals surface area (Å²) in [5.74, 6) is -1.01. The Balaban J connectivity index is 1.73. The van der Waals surface area contributed by atoms with Crippen LogP contribution in [0.5, 0.6) is 11.5 Å². The minimum absolute atomic E-state index is 0.00452. The third-order valence-electron chi connectivity index (χ3n) is 7.05. The number of rotatable bonds is 11. The van der Waals surface area contributed by atoms with Crippen LogP contribution in [0.4, 0.5) is 11.4 Å². The minimum Gasteiger partial charge on any atom is -0.508 e. The van der Waals surface area contributed by atoms with Gasteiger partial charge in [0.25, 0.3) is 11.7 Å². The molecule has 1 saturated heterocycles. The number of hydrogen-bond donors (Lipinski definition) is 2. The SMILES string of the molecule is CCCCCOc1ccc(/C(O)=C2\C(=O)C(=O)N(c3ccc(N(CC)CC)cc3)C2c2ccc(O)cc2)cc1. The van der Waals surface area contributed by atoms with E-state index in [1.54, 1.807) is 36.4 Å². The van der Waals surface area contributed by atoms with E-state index in [-0.39, 0.29) is 17.1 Å². The number of carbonyl (C=O) groups is 2. The zero-order valence-electron chi connectivity index (χ0n) is 22.8. The zero-order valence-corrected chi connectivity index (χ0v) is 22.8. The molecule has 1 aliphatic rings. The van der Waals surface area contributed by atoms with E-state index in [0.29, 0.717) is 29.2 Å². The number of benzene rings is 3. The first-order valence-corrected chi connectivity index (χ1v) is 13.6. The number of hydrogen-bond acceptors (Lipinski definition) is 6. The predicted octanol–water partition coefficient (Wildman–Crippen LogP) is 6.43. The van der Waals surface area contributed by atoms with Crippen molar-refractivity contribution in [2.75, 3.05) is 29.5 Å². The molecule has 39 heavy (non-hydrogen) atoms. The first kappa shape index (κ1) is 27.8. The third-order valence-corrected chi connectivity index (χ3v) is 7.05. The fourth-order valence-corrected chi connectivity index (χ4v) is 4.89. The average Bonchev–Trinajstić information content (AvgIpc) is 3.22. The first-order valence-electron chi connectivity index (χ1n) is 13.6. The summed E-state index contributed by atoms with van der Waals surface area (Å²) in [5, 5.41) is 21.2. The maximum atomic E-state index is 13.4. The van der Waals surface area contributed by atoms with E-state index >= 15 is 0 Å². The summed E-state index contributed by atoms with van der Waals surface area (Å²) in [6.45, 7) is 8.58. The molecule has 7 heteroatoms. The van der Waals surface area contributed by atoms with Crippen LogP contribution < -0.4 is 14.5 Å². The lowest BCUT2D eigenvalue weighted by atomic mass is 9.95. The van der Waals surface area contributed by atoms with Crippen molar-refractivity contribution >= 4 is 28.8 Å². The second-order valence-electron chi connectivity index (χ2n) is 9.53. The molecule has 1 unspecified atom stereocenters. The summed E-state index contributed by atoms with van der Waals surface area (Å²) in [6, 6.07) is 19.8. The molecule has 0 saturated carbocycles. The monoisotopic (exact) mass is 528 g/mol. The van der Waals surface area contributed by atoms with Gasteiger partial charge in [-0.15, -0.1) is 0 Å². The molecule has 0 spiro atoms. The average molecular weight is 529 g/mol. The van der Waals surface area contributed by atoms with E-state index in [4.69, 9.17) is 4.74 Å². The van der Waals surface area contributed by atoms with Gasteiger partial charge >= 0.3 is 0 Å². The number of aliphatic hydroxyl groups is 1. The molecule has 3 aromatic rings. The number of nitrogens with zero attached hydrogens (tertiary/aromatic N) is 2. The molecule has 0 radical (unpaired) electrons. The largest absolute Gasteiger partial charge is 0.508 e. The van der Waals surface area contributed by atoms with E-state index in [0.717, 1.165) is 38.0 Å². The Morgan fingerprint density at radius 3 is 2.10 bits per heavy atom. The molecule has 4 rings (SSSR count). The number of aliphatic hydroxyl groups excluding tert-OH is 1. The Hall–Kier alpha value is -4.26. The molecule has 1 atom stereocenters. The molecule has 0 aliphatic carbocycles. The van der Waals surface area contributed by atoms with E-state index in [9.17, 15) is 19.8 Å². The highest BCUT2D eigenvalue weighted by Crippen LogP contribution is 2.43. The Kier molecular flexibility index (Phi) is 8.92. The van der Waals surface area contributed by atoms with Gasteiger partial charge in [0, 0.05) is 30.0 Å². The molecule has 204 valence electrons. The number of carbonyl (C=O) groups excluding carboxylic acids is 2. The number of Topliss-reactive ketones (excluding diaryl/α,β-unsaturated/α-hetero) is 1. The highest BCUT2D eigenvalue weighted by atomic mass is 16.5. The molecule has 1 amide bonds. The maximum absolute atomic E-state index is 13.4. The minimum atomic E-state index is -0.866. The van der Waals surface area contributed by atoms with Gasteiger partial charge in [-0.2, -0.15) is 0 Å². The van der Waals surface area contributed by atoms with Crippen molar-refractivity contribution in [3.05, 3.63) is 89.5 Å². The summed E-state index contributed by atoms with van der Waals surface area (Å²) in [6.07, 6.45) is 3.16. The normalized spacial score (nSPS) is 16.5. The van der Waals surface area contributed by atoms with Gasteiger partial charge in [0.05, 0.1) is 18.2 Å². The molecule has 2 N–H and O–H groups in total. The number of phenols is 1. The van der Waals surface area contributed by atoms with Crippen molar-refractivity contribution in [2.24, 2.45) is 0 Å². The Labute approximate surface area is 230 Å². The molecule has 1 fully saturated rings. The van der Waals surface area contributed by atoms with Crippen LogP contribution in [0.15, 0.2) is 78.4 Å². The summed E-state index contributed by atoms with van der Waals surface area (Å²) in [7, 11) is 0. The maximum Gasteiger partial charge on any atom is 0.300 e. The Morgan fingerprint density at radius 2 is 1.51 bits per heavy atom. The topological polar surface area (TPSA) is 90.3 Å². The second-order valence-corrected chi connectivity index (χ2v) is 9.53. The predicted molar refractivity (Wildman–Crippen MR) is 154 cm³/mol. The third kappa shape index (κ3) is 5.93. The smallest absolute Gasteiger partial charge is 0.300 e. The number of unbranched alkanes of at least 4 members (excludes halogenated alkanes) is 2. The standard InChI is InChI=1S/C32H36N2O5/c1-4-7-8-21-39-27-19-11-23(12-20-27)30(36)28-29(22-9-17-26(35)18-10-22)34(32(38)31(28)37)25-15-13-24(14-16-25)33(5-2)6-3/h9-20,29,35-36H,4-8,21H2,1-3H3/b30-28+. The van der Waals surface area contributed by atoms with Crippen LogP contribution in [-0.4, -0.2) is 41.6 Å². The van der Waals surface area contributed by atoms with Crippen molar-refractivity contribution < 1.29 is 24.5 Å². The number of anilines is 2. The number of ether oxygens (including phenoxy) is 1. The van der Waals surface area contributed by atoms with Crippen LogP contribution in [-0.2, 0) is 9.59 Å². The fraction of sp³-hybridized carbons (Fsp3) is 0.312. The van der Waals surface area contributed by atoms with Crippen molar-refractivity contribution in [1.82, 2.24) is 0 Å². The van der Waals surface area contributed by atoms with Gasteiger partial charge in [-0.3, -0.25) is 14.5 Å². The van der Waals surface area contributed by atoms with Gasteiger partial charge in [0.2, 0.25) is 0 Å². The molecular formula is C32H36N2O5. The lowest BCUT2D eigenvalue weighted by molar-refractivity contribution is -0.132. The van der Waals surface area contributed by atoms with Gasteiger partial charge in [-0.25, -0.2) is 0 Å². The zero-order chi connectivity index (χ0) is 27.9. The number of amides is 1. The van der Waals surface area contributed by atoms with Crippen molar-refractivity contribution in [2.45, 2.75) is 46.1 Å². The van der Waals surface area contributed by atoms with Crippen molar-refractivity contribution in [1.29, 1.82) is 0 Å². The van der Waals surface area contributed by atoms with Gasteiger partial charge in [-0.05, 0) is 86.5 Å². The number of ketones is 1. The number of aromatic hydroxyl groups is 1. The van der Waals surface area contributed by atoms with Crippen LogP contribution in [0.2, 0.25) is 0 Å². The number of phenolic OH excluding ortho intramolecular Hbond substituents is 1. The molecule has 0 aromatic heterocycles. The van der Waals surface area contributed by atoms with Crippen molar-refractivity contribution in [3.63, 3.8) is 0 Å². The van der Waals surface area contributed by atoms with Crippen LogP contribution >= 0.6 is 0 Å². The van der Waals surface area contributed by atoms with Gasteiger partial charge in [0.1, 0.15) is 17.3 Å². The quantitative estimate of drug-likeness (QED) is 0.129.